The molecular weight excluding hydrogens is 358 g/mol. The number of hydrogen-bond acceptors (Lipinski definition) is 4. The standard InChI is InChI=1S/C21H23N3O4/c1-14-8-9-17(12-19(14)24(27)28)21(26)22(3)13-20(25)23-11-10-16-6-4-5-7-18(16)15(23)2/h4-9,12,15H,10-11,13H2,1-3H3. The Bertz CT molecular complexity index is 941. The Kier molecular flexibility index (Phi) is 5.44. The number of likely N-dealkylation sites (N-methyl/N-ethyl adjacent to an activating group) is 1. The van der Waals surface area contributed by atoms with Crippen molar-refractivity contribution in [3.05, 3.63) is 74.8 Å². The monoisotopic (exact) mass is 381 g/mol. The molecule has 0 aromatic heterocycles. The summed E-state index contributed by atoms with van der Waals surface area (Å²) in [5.41, 5.74) is 2.96. The van der Waals surface area contributed by atoms with Gasteiger partial charge in [-0.25, -0.2) is 0 Å². The fraction of sp³-hybridized carbons (Fsp3) is 0.333. The lowest BCUT2D eigenvalue weighted by atomic mass is 9.93. The van der Waals surface area contributed by atoms with Crippen LogP contribution in [0.2, 0.25) is 0 Å². The SMILES string of the molecule is Cc1ccc(C(=O)N(C)CC(=O)N2CCc3ccccc3C2C)cc1[N+](=O)[O-]. The number of aryl methyl sites for hydroxylation is 1. The molecule has 0 radical (unpaired) electrons. The maximum Gasteiger partial charge on any atom is 0.273 e. The topological polar surface area (TPSA) is 83.8 Å². The summed E-state index contributed by atoms with van der Waals surface area (Å²) in [5.74, 6) is -0.555. The molecule has 1 aliphatic heterocycles. The Hall–Kier alpha value is -3.22. The highest BCUT2D eigenvalue weighted by atomic mass is 16.6. The average molecular weight is 381 g/mol. The minimum absolute atomic E-state index is 0.0542. The van der Waals surface area contributed by atoms with Gasteiger partial charge in [-0.05, 0) is 37.5 Å². The van der Waals surface area contributed by atoms with Crippen LogP contribution in [0.4, 0.5) is 5.69 Å². The molecule has 7 heteroatoms. The van der Waals surface area contributed by atoms with Gasteiger partial charge in [-0.3, -0.25) is 19.7 Å². The first kappa shape index (κ1) is 19.5. The van der Waals surface area contributed by atoms with Gasteiger partial charge in [0.25, 0.3) is 11.6 Å². The number of amides is 2. The van der Waals surface area contributed by atoms with Crippen LogP contribution in [0.3, 0.4) is 0 Å². The summed E-state index contributed by atoms with van der Waals surface area (Å²) in [4.78, 5) is 39.2. The van der Waals surface area contributed by atoms with E-state index in [-0.39, 0.29) is 29.7 Å². The molecule has 0 saturated heterocycles. The zero-order valence-corrected chi connectivity index (χ0v) is 16.2. The van der Waals surface area contributed by atoms with E-state index in [4.69, 9.17) is 0 Å². The highest BCUT2D eigenvalue weighted by molar-refractivity contribution is 5.97. The summed E-state index contributed by atoms with van der Waals surface area (Å²) in [6, 6.07) is 12.4. The second-order valence-corrected chi connectivity index (χ2v) is 7.13. The molecule has 0 fully saturated rings. The first-order valence-electron chi connectivity index (χ1n) is 9.17. The van der Waals surface area contributed by atoms with Gasteiger partial charge in [-0.2, -0.15) is 0 Å². The van der Waals surface area contributed by atoms with E-state index < -0.39 is 10.8 Å². The van der Waals surface area contributed by atoms with E-state index in [2.05, 4.69) is 6.07 Å². The van der Waals surface area contributed by atoms with Crippen molar-refractivity contribution in [3.8, 4) is 0 Å². The maximum atomic E-state index is 12.8. The molecule has 1 aliphatic rings. The van der Waals surface area contributed by atoms with Crippen molar-refractivity contribution in [1.29, 1.82) is 0 Å². The van der Waals surface area contributed by atoms with Crippen LogP contribution in [0, 0.1) is 17.0 Å². The Labute approximate surface area is 163 Å². The van der Waals surface area contributed by atoms with Crippen molar-refractivity contribution in [3.63, 3.8) is 0 Å². The molecule has 0 spiro atoms. The second kappa shape index (κ2) is 7.80. The molecule has 2 amide bonds. The molecule has 1 atom stereocenters. The highest BCUT2D eigenvalue weighted by Gasteiger charge is 2.29. The van der Waals surface area contributed by atoms with Gasteiger partial charge >= 0.3 is 0 Å². The van der Waals surface area contributed by atoms with Crippen molar-refractivity contribution in [1.82, 2.24) is 9.80 Å². The first-order valence-corrected chi connectivity index (χ1v) is 9.17. The van der Waals surface area contributed by atoms with Gasteiger partial charge in [0.1, 0.15) is 0 Å². The number of fused-ring (bicyclic) bond motifs is 1. The number of nitrogens with zero attached hydrogens (tertiary/aromatic N) is 3. The van der Waals surface area contributed by atoms with Gasteiger partial charge in [-0.15, -0.1) is 0 Å². The van der Waals surface area contributed by atoms with Crippen molar-refractivity contribution in [2.45, 2.75) is 26.3 Å². The number of nitro groups is 1. The molecular formula is C21H23N3O4. The number of rotatable bonds is 4. The lowest BCUT2D eigenvalue weighted by Gasteiger charge is -2.36. The third-order valence-electron chi connectivity index (χ3n) is 5.29. The molecule has 0 saturated carbocycles. The normalized spacial score (nSPS) is 15.7. The quantitative estimate of drug-likeness (QED) is 0.602. The van der Waals surface area contributed by atoms with Gasteiger partial charge in [0.15, 0.2) is 0 Å². The first-order chi connectivity index (χ1) is 13.3. The summed E-state index contributed by atoms with van der Waals surface area (Å²) in [7, 11) is 1.54. The van der Waals surface area contributed by atoms with Crippen LogP contribution in [-0.2, 0) is 11.2 Å². The average Bonchev–Trinajstić information content (AvgIpc) is 2.67. The van der Waals surface area contributed by atoms with Gasteiger partial charge in [0.2, 0.25) is 5.91 Å². The molecule has 3 rings (SSSR count). The third kappa shape index (κ3) is 3.74. The van der Waals surface area contributed by atoms with Crippen LogP contribution < -0.4 is 0 Å². The Morgan fingerprint density at radius 2 is 1.96 bits per heavy atom. The fourth-order valence-electron chi connectivity index (χ4n) is 3.64. The van der Waals surface area contributed by atoms with E-state index in [0.29, 0.717) is 12.1 Å². The molecule has 2 aromatic carbocycles. The van der Waals surface area contributed by atoms with Crippen LogP contribution in [-0.4, -0.2) is 46.7 Å². The number of benzene rings is 2. The summed E-state index contributed by atoms with van der Waals surface area (Å²) in [6.45, 7) is 4.14. The molecule has 1 unspecified atom stereocenters. The van der Waals surface area contributed by atoms with Crippen LogP contribution in [0.5, 0.6) is 0 Å². The van der Waals surface area contributed by atoms with Crippen LogP contribution >= 0.6 is 0 Å². The molecule has 7 nitrogen and oxygen atoms in total. The summed E-state index contributed by atoms with van der Waals surface area (Å²) >= 11 is 0. The molecule has 2 aromatic rings. The highest BCUT2D eigenvalue weighted by Crippen LogP contribution is 2.29. The number of carbonyl (C=O) groups excluding carboxylic acids is 2. The summed E-state index contributed by atoms with van der Waals surface area (Å²) in [6.07, 6.45) is 0.786. The van der Waals surface area contributed by atoms with Crippen molar-refractivity contribution in [2.24, 2.45) is 0 Å². The molecule has 0 bridgehead atoms. The van der Waals surface area contributed by atoms with Crippen LogP contribution in [0.1, 0.15) is 40.0 Å². The number of carbonyl (C=O) groups is 2. The molecule has 28 heavy (non-hydrogen) atoms. The zero-order chi connectivity index (χ0) is 20.4. The fourth-order valence-corrected chi connectivity index (χ4v) is 3.64. The molecule has 146 valence electrons. The van der Waals surface area contributed by atoms with Crippen molar-refractivity contribution >= 4 is 17.5 Å². The predicted octanol–water partition coefficient (Wildman–Crippen LogP) is 3.12. The Balaban J connectivity index is 1.72. The minimum atomic E-state index is -0.510. The molecule has 0 aliphatic carbocycles. The number of hydrogen-bond donors (Lipinski definition) is 0. The van der Waals surface area contributed by atoms with E-state index >= 15 is 0 Å². The summed E-state index contributed by atoms with van der Waals surface area (Å²) in [5, 5.41) is 11.1. The lowest BCUT2D eigenvalue weighted by molar-refractivity contribution is -0.385. The van der Waals surface area contributed by atoms with Gasteiger partial charge in [-0.1, -0.05) is 30.3 Å². The maximum absolute atomic E-state index is 12.8. The van der Waals surface area contributed by atoms with Crippen LogP contribution in [0.25, 0.3) is 0 Å². The van der Waals surface area contributed by atoms with E-state index in [1.807, 2.05) is 25.1 Å². The smallest absolute Gasteiger partial charge is 0.273 e. The Morgan fingerprint density at radius 1 is 1.25 bits per heavy atom. The van der Waals surface area contributed by atoms with Crippen LogP contribution in [0.15, 0.2) is 42.5 Å². The zero-order valence-electron chi connectivity index (χ0n) is 16.2. The molecule has 0 N–H and O–H groups in total. The van der Waals surface area contributed by atoms with Gasteiger partial charge < -0.3 is 9.80 Å². The third-order valence-corrected chi connectivity index (χ3v) is 5.29. The number of nitro benzene ring substituents is 1. The largest absolute Gasteiger partial charge is 0.334 e. The predicted molar refractivity (Wildman–Crippen MR) is 105 cm³/mol. The van der Waals surface area contributed by atoms with E-state index in [1.54, 1.807) is 24.0 Å². The van der Waals surface area contributed by atoms with Crippen molar-refractivity contribution < 1.29 is 14.5 Å². The van der Waals surface area contributed by atoms with E-state index in [1.165, 1.54) is 23.6 Å². The van der Waals surface area contributed by atoms with E-state index in [9.17, 15) is 19.7 Å². The van der Waals surface area contributed by atoms with E-state index in [0.717, 1.165) is 12.0 Å². The lowest BCUT2D eigenvalue weighted by Crippen LogP contribution is -2.45. The van der Waals surface area contributed by atoms with Gasteiger partial charge in [0.05, 0.1) is 17.5 Å². The summed E-state index contributed by atoms with van der Waals surface area (Å²) < 4.78 is 0. The van der Waals surface area contributed by atoms with Crippen molar-refractivity contribution in [2.75, 3.05) is 20.1 Å². The Morgan fingerprint density at radius 3 is 2.68 bits per heavy atom. The second-order valence-electron chi connectivity index (χ2n) is 7.13. The van der Waals surface area contributed by atoms with Gasteiger partial charge in [0, 0.05) is 30.8 Å². The minimum Gasteiger partial charge on any atom is -0.334 e. The molecule has 1 heterocycles.